The zero-order chi connectivity index (χ0) is 17.1. The highest BCUT2D eigenvalue weighted by Gasteiger charge is 2.26. The van der Waals surface area contributed by atoms with Crippen molar-refractivity contribution in [2.24, 2.45) is 4.99 Å². The lowest BCUT2D eigenvalue weighted by Crippen LogP contribution is -2.06. The Kier molecular flexibility index (Phi) is 4.84. The van der Waals surface area contributed by atoms with E-state index in [1.54, 1.807) is 24.3 Å². The summed E-state index contributed by atoms with van der Waals surface area (Å²) in [6.07, 6.45) is 3.64. The minimum Gasteiger partial charge on any atom is -0.402 e. The van der Waals surface area contributed by atoms with Crippen LogP contribution in [-0.2, 0) is 9.53 Å². The molecule has 5 heteroatoms. The molecule has 0 atom stereocenters. The van der Waals surface area contributed by atoms with Gasteiger partial charge in [0.1, 0.15) is 0 Å². The first kappa shape index (κ1) is 16.5. The van der Waals surface area contributed by atoms with Gasteiger partial charge in [-0.05, 0) is 36.3 Å². The van der Waals surface area contributed by atoms with Gasteiger partial charge in [-0.2, -0.15) is 0 Å². The van der Waals surface area contributed by atoms with Gasteiger partial charge in [0.2, 0.25) is 5.90 Å². The average molecular weight is 358 g/mol. The highest BCUT2D eigenvalue weighted by atomic mass is 35.5. The zero-order valence-corrected chi connectivity index (χ0v) is 14.3. The fourth-order valence-electron chi connectivity index (χ4n) is 2.26. The van der Waals surface area contributed by atoms with Gasteiger partial charge in [0.05, 0.1) is 15.6 Å². The molecule has 0 saturated carbocycles. The van der Waals surface area contributed by atoms with Crippen LogP contribution in [-0.4, -0.2) is 11.9 Å². The number of hydrogen-bond acceptors (Lipinski definition) is 3. The molecule has 1 heterocycles. The van der Waals surface area contributed by atoms with E-state index in [1.165, 1.54) is 0 Å². The number of cyclic esters (lactones) is 1. The fourth-order valence-corrected chi connectivity index (χ4v) is 2.64. The molecular weight excluding hydrogens is 345 g/mol. The van der Waals surface area contributed by atoms with E-state index >= 15 is 0 Å². The second-order valence-electron chi connectivity index (χ2n) is 5.24. The number of benzene rings is 2. The summed E-state index contributed by atoms with van der Waals surface area (Å²) in [6, 6.07) is 14.9. The molecule has 0 amide bonds. The molecule has 1 aliphatic heterocycles. The van der Waals surface area contributed by atoms with Crippen LogP contribution in [0.15, 0.2) is 70.9 Å². The van der Waals surface area contributed by atoms with Crippen molar-refractivity contribution in [3.8, 4) is 0 Å². The monoisotopic (exact) mass is 357 g/mol. The van der Waals surface area contributed by atoms with E-state index in [4.69, 9.17) is 27.9 Å². The summed E-state index contributed by atoms with van der Waals surface area (Å²) < 4.78 is 5.22. The Morgan fingerprint density at radius 2 is 1.83 bits per heavy atom. The van der Waals surface area contributed by atoms with Crippen LogP contribution in [0.4, 0.5) is 0 Å². The van der Waals surface area contributed by atoms with Crippen molar-refractivity contribution in [1.82, 2.24) is 0 Å². The van der Waals surface area contributed by atoms with Crippen molar-refractivity contribution >= 4 is 41.1 Å². The zero-order valence-electron chi connectivity index (χ0n) is 12.8. The quantitative estimate of drug-likeness (QED) is 0.553. The van der Waals surface area contributed by atoms with Crippen molar-refractivity contribution in [3.05, 3.63) is 87.0 Å². The third kappa shape index (κ3) is 3.58. The van der Waals surface area contributed by atoms with Crippen molar-refractivity contribution in [1.29, 1.82) is 0 Å². The normalized spacial score (nSPS) is 16.3. The summed E-state index contributed by atoms with van der Waals surface area (Å²) in [5, 5.41) is 0.689. The smallest absolute Gasteiger partial charge is 0.363 e. The second-order valence-corrected chi connectivity index (χ2v) is 6.02. The number of rotatable bonds is 3. The Labute approximate surface area is 149 Å². The molecule has 0 bridgehead atoms. The van der Waals surface area contributed by atoms with Gasteiger partial charge in [-0.1, -0.05) is 65.7 Å². The van der Waals surface area contributed by atoms with Crippen LogP contribution in [0.1, 0.15) is 18.1 Å². The molecule has 0 fully saturated rings. The van der Waals surface area contributed by atoms with Gasteiger partial charge in [0, 0.05) is 0 Å². The standard InChI is InChI=1S/C19H13Cl2NO2/c1-12(10-13-6-3-2-4-7-13)11-16-19(23)24-18(22-16)14-8-5-9-15(20)17(14)21/h2-11H,1H3/b12-10+,16-11-. The van der Waals surface area contributed by atoms with E-state index in [1.807, 2.05) is 43.3 Å². The number of halogens is 2. The average Bonchev–Trinajstić information content (AvgIpc) is 2.91. The SMILES string of the molecule is CC(/C=C1\N=C(c2cccc(Cl)c2Cl)OC1=O)=C\c1ccccc1. The van der Waals surface area contributed by atoms with Crippen molar-refractivity contribution in [2.75, 3.05) is 0 Å². The Morgan fingerprint density at radius 3 is 2.58 bits per heavy atom. The summed E-state index contributed by atoms with van der Waals surface area (Å²) in [4.78, 5) is 16.3. The Bertz CT molecular complexity index is 883. The number of aliphatic imine (C=N–C) groups is 1. The van der Waals surface area contributed by atoms with Gasteiger partial charge in [0.25, 0.3) is 0 Å². The minimum absolute atomic E-state index is 0.159. The van der Waals surface area contributed by atoms with Crippen molar-refractivity contribution < 1.29 is 9.53 Å². The van der Waals surface area contributed by atoms with Gasteiger partial charge in [0.15, 0.2) is 5.70 Å². The van der Waals surface area contributed by atoms with Gasteiger partial charge in [-0.3, -0.25) is 0 Å². The fraction of sp³-hybridized carbons (Fsp3) is 0.0526. The molecular formula is C19H13Cl2NO2. The summed E-state index contributed by atoms with van der Waals surface area (Å²) in [5.41, 5.74) is 2.65. The Balaban J connectivity index is 1.92. The third-order valence-corrected chi connectivity index (χ3v) is 4.18. The second kappa shape index (κ2) is 7.04. The van der Waals surface area contributed by atoms with Crippen molar-refractivity contribution in [3.63, 3.8) is 0 Å². The first-order valence-corrected chi connectivity index (χ1v) is 8.00. The van der Waals surface area contributed by atoms with Crippen LogP contribution in [0.25, 0.3) is 6.08 Å². The molecule has 0 spiro atoms. The molecule has 0 N–H and O–H groups in total. The molecule has 3 rings (SSSR count). The molecule has 2 aromatic rings. The number of carbonyl (C=O) groups is 1. The predicted octanol–water partition coefficient (Wildman–Crippen LogP) is 5.28. The molecule has 2 aromatic carbocycles. The van der Waals surface area contributed by atoms with Crippen LogP contribution in [0.2, 0.25) is 10.0 Å². The van der Waals surface area contributed by atoms with Crippen LogP contribution in [0, 0.1) is 0 Å². The number of hydrogen-bond donors (Lipinski definition) is 0. The van der Waals surface area contributed by atoms with Crippen LogP contribution in [0.5, 0.6) is 0 Å². The third-order valence-electron chi connectivity index (χ3n) is 3.36. The number of esters is 1. The van der Waals surface area contributed by atoms with Gasteiger partial charge < -0.3 is 4.74 Å². The largest absolute Gasteiger partial charge is 0.402 e. The van der Waals surface area contributed by atoms with Crippen LogP contribution < -0.4 is 0 Å². The summed E-state index contributed by atoms with van der Waals surface area (Å²) >= 11 is 12.1. The van der Waals surface area contributed by atoms with Gasteiger partial charge >= 0.3 is 5.97 Å². The molecule has 24 heavy (non-hydrogen) atoms. The lowest BCUT2D eigenvalue weighted by Gasteiger charge is -2.03. The van der Waals surface area contributed by atoms with E-state index in [0.29, 0.717) is 15.6 Å². The summed E-state index contributed by atoms with van der Waals surface area (Å²) in [5.74, 6) is -0.354. The van der Waals surface area contributed by atoms with Crippen LogP contribution in [0.3, 0.4) is 0 Å². The first-order valence-electron chi connectivity index (χ1n) is 7.25. The summed E-state index contributed by atoms with van der Waals surface area (Å²) in [7, 11) is 0. The molecule has 0 radical (unpaired) electrons. The molecule has 120 valence electrons. The minimum atomic E-state index is -0.512. The van der Waals surface area contributed by atoms with Gasteiger partial charge in [-0.25, -0.2) is 9.79 Å². The van der Waals surface area contributed by atoms with E-state index < -0.39 is 5.97 Å². The van der Waals surface area contributed by atoms with E-state index in [2.05, 4.69) is 4.99 Å². The number of carbonyl (C=O) groups excluding carboxylic acids is 1. The molecule has 3 nitrogen and oxygen atoms in total. The van der Waals surface area contributed by atoms with E-state index in [9.17, 15) is 4.79 Å². The number of ether oxygens (including phenoxy) is 1. The maximum Gasteiger partial charge on any atom is 0.363 e. The molecule has 0 aliphatic carbocycles. The number of nitrogens with zero attached hydrogens (tertiary/aromatic N) is 1. The lowest BCUT2D eigenvalue weighted by atomic mass is 10.1. The highest BCUT2D eigenvalue weighted by molar-refractivity contribution is 6.44. The van der Waals surface area contributed by atoms with Crippen molar-refractivity contribution in [2.45, 2.75) is 6.92 Å². The lowest BCUT2D eigenvalue weighted by molar-refractivity contribution is -0.130. The topological polar surface area (TPSA) is 38.7 Å². The number of allylic oxidation sites excluding steroid dienone is 2. The molecule has 1 aliphatic rings. The van der Waals surface area contributed by atoms with Gasteiger partial charge in [-0.15, -0.1) is 0 Å². The maximum atomic E-state index is 12.0. The molecule has 0 saturated heterocycles. The molecule has 0 aromatic heterocycles. The summed E-state index contributed by atoms with van der Waals surface area (Å²) in [6.45, 7) is 1.90. The Morgan fingerprint density at radius 1 is 1.08 bits per heavy atom. The van der Waals surface area contributed by atoms with Crippen LogP contribution >= 0.6 is 23.2 Å². The maximum absolute atomic E-state index is 12.0. The molecule has 0 unspecified atom stereocenters. The van der Waals surface area contributed by atoms with E-state index in [-0.39, 0.29) is 11.6 Å². The highest BCUT2D eigenvalue weighted by Crippen LogP contribution is 2.29. The first-order chi connectivity index (χ1) is 11.5. The van der Waals surface area contributed by atoms with E-state index in [0.717, 1.165) is 11.1 Å². The predicted molar refractivity (Wildman–Crippen MR) is 97.3 cm³/mol. The Hall–Kier alpha value is -2.36.